The number of nitrogens with two attached hydrogens (primary N) is 1. The van der Waals surface area contributed by atoms with Gasteiger partial charge in [0, 0.05) is 18.6 Å². The number of rotatable bonds is 6. The largest absolute Gasteiger partial charge is 0.326 e. The zero-order chi connectivity index (χ0) is 15.2. The number of hydrogen-bond acceptors (Lipinski definition) is 2. The zero-order valence-electron chi connectivity index (χ0n) is 13.3. The first-order chi connectivity index (χ1) is 10.1. The van der Waals surface area contributed by atoms with Crippen molar-refractivity contribution in [2.45, 2.75) is 39.4 Å². The molecule has 0 bridgehead atoms. The Morgan fingerprint density at radius 2 is 1.62 bits per heavy atom. The van der Waals surface area contributed by atoms with Crippen LogP contribution in [0.3, 0.4) is 0 Å². The van der Waals surface area contributed by atoms with Crippen molar-refractivity contribution >= 4 is 0 Å². The van der Waals surface area contributed by atoms with Crippen LogP contribution in [0.1, 0.15) is 36.6 Å². The van der Waals surface area contributed by atoms with Gasteiger partial charge in [-0.1, -0.05) is 61.5 Å². The summed E-state index contributed by atoms with van der Waals surface area (Å²) in [7, 11) is 0. The van der Waals surface area contributed by atoms with E-state index in [0.717, 1.165) is 13.1 Å². The van der Waals surface area contributed by atoms with E-state index in [1.165, 1.54) is 16.7 Å². The molecule has 2 nitrogen and oxygen atoms in total. The Hall–Kier alpha value is -1.64. The summed E-state index contributed by atoms with van der Waals surface area (Å²) in [4.78, 5) is 2.46. The highest BCUT2D eigenvalue weighted by atomic mass is 15.2. The second-order valence-electron chi connectivity index (χ2n) is 5.70. The van der Waals surface area contributed by atoms with Crippen molar-refractivity contribution in [1.82, 2.24) is 4.90 Å². The van der Waals surface area contributed by atoms with E-state index in [0.29, 0.717) is 0 Å². The third-order valence-electron chi connectivity index (χ3n) is 4.07. The van der Waals surface area contributed by atoms with Crippen molar-refractivity contribution < 1.29 is 0 Å². The minimum atomic E-state index is 0.0939. The molecule has 0 heterocycles. The van der Waals surface area contributed by atoms with E-state index >= 15 is 0 Å². The molecule has 21 heavy (non-hydrogen) atoms. The highest BCUT2D eigenvalue weighted by Gasteiger charge is 2.23. The van der Waals surface area contributed by atoms with Crippen LogP contribution in [-0.2, 0) is 6.54 Å². The van der Waals surface area contributed by atoms with Crippen molar-refractivity contribution in [1.29, 1.82) is 0 Å². The maximum Gasteiger partial charge on any atom is 0.0499 e. The first-order valence-corrected chi connectivity index (χ1v) is 7.72. The first kappa shape index (κ1) is 15.7. The molecule has 2 unspecified atom stereocenters. The van der Waals surface area contributed by atoms with Gasteiger partial charge >= 0.3 is 0 Å². The average Bonchev–Trinajstić information content (AvgIpc) is 2.49. The van der Waals surface area contributed by atoms with Crippen molar-refractivity contribution in [3.63, 3.8) is 0 Å². The Kier molecular flexibility index (Phi) is 5.54. The van der Waals surface area contributed by atoms with Crippen molar-refractivity contribution in [3.05, 3.63) is 71.3 Å². The Morgan fingerprint density at radius 3 is 2.19 bits per heavy atom. The van der Waals surface area contributed by atoms with E-state index in [9.17, 15) is 0 Å². The fraction of sp³-hybridized carbons (Fsp3) is 0.368. The van der Waals surface area contributed by atoms with Crippen LogP contribution in [0.15, 0.2) is 54.6 Å². The molecule has 2 atom stereocenters. The van der Waals surface area contributed by atoms with Crippen LogP contribution >= 0.6 is 0 Å². The first-order valence-electron chi connectivity index (χ1n) is 7.72. The fourth-order valence-electron chi connectivity index (χ4n) is 2.91. The van der Waals surface area contributed by atoms with Crippen molar-refractivity contribution in [2.75, 3.05) is 6.54 Å². The van der Waals surface area contributed by atoms with Crippen LogP contribution in [0.5, 0.6) is 0 Å². The normalized spacial score (nSPS) is 14.1. The molecule has 2 N–H and O–H groups in total. The van der Waals surface area contributed by atoms with Gasteiger partial charge in [-0.3, -0.25) is 4.90 Å². The molecule has 2 rings (SSSR count). The van der Waals surface area contributed by atoms with E-state index < -0.39 is 0 Å². The molecular weight excluding hydrogens is 256 g/mol. The molecule has 2 aromatic rings. The van der Waals surface area contributed by atoms with Gasteiger partial charge in [-0.2, -0.15) is 0 Å². The summed E-state index contributed by atoms with van der Waals surface area (Å²) in [6.07, 6.45) is 0. The van der Waals surface area contributed by atoms with Gasteiger partial charge in [0.15, 0.2) is 0 Å². The topological polar surface area (TPSA) is 29.3 Å². The van der Waals surface area contributed by atoms with Gasteiger partial charge in [-0.25, -0.2) is 0 Å². The van der Waals surface area contributed by atoms with Gasteiger partial charge in [-0.15, -0.1) is 0 Å². The highest BCUT2D eigenvalue weighted by molar-refractivity contribution is 5.26. The Labute approximate surface area is 128 Å². The molecule has 0 aliphatic rings. The van der Waals surface area contributed by atoms with Crippen LogP contribution in [-0.4, -0.2) is 17.5 Å². The van der Waals surface area contributed by atoms with Gasteiger partial charge in [0.05, 0.1) is 0 Å². The van der Waals surface area contributed by atoms with Gasteiger partial charge in [-0.05, 0) is 37.1 Å². The molecule has 0 aliphatic heterocycles. The van der Waals surface area contributed by atoms with Crippen LogP contribution in [0.4, 0.5) is 0 Å². The van der Waals surface area contributed by atoms with E-state index in [1.807, 2.05) is 0 Å². The fourth-order valence-corrected chi connectivity index (χ4v) is 2.91. The maximum absolute atomic E-state index is 6.30. The molecule has 2 heteroatoms. The molecule has 0 saturated heterocycles. The monoisotopic (exact) mass is 282 g/mol. The Balaban J connectivity index is 2.27. The number of likely N-dealkylation sites (N-methyl/N-ethyl adjacent to an activating group) is 1. The van der Waals surface area contributed by atoms with Gasteiger partial charge < -0.3 is 5.73 Å². The number of benzene rings is 2. The third-order valence-corrected chi connectivity index (χ3v) is 4.07. The zero-order valence-corrected chi connectivity index (χ0v) is 13.3. The summed E-state index contributed by atoms with van der Waals surface area (Å²) in [6.45, 7) is 8.39. The van der Waals surface area contributed by atoms with E-state index in [2.05, 4.69) is 80.3 Å². The average molecular weight is 282 g/mol. The molecule has 0 amide bonds. The van der Waals surface area contributed by atoms with Crippen LogP contribution in [0, 0.1) is 6.92 Å². The second-order valence-corrected chi connectivity index (χ2v) is 5.70. The molecule has 0 radical (unpaired) electrons. The van der Waals surface area contributed by atoms with Crippen LogP contribution < -0.4 is 5.73 Å². The maximum atomic E-state index is 6.30. The summed E-state index contributed by atoms with van der Waals surface area (Å²) in [5.74, 6) is 0. The lowest BCUT2D eigenvalue weighted by molar-refractivity contribution is 0.176. The number of hydrogen-bond donors (Lipinski definition) is 1. The molecular formula is C19H26N2. The standard InChI is InChI=1S/C19H26N2/c1-4-21(14-18-13-9-8-10-15(18)2)19(16(3)20)17-11-6-5-7-12-17/h5-13,16,19H,4,14,20H2,1-3H3. The summed E-state index contributed by atoms with van der Waals surface area (Å²) in [5.41, 5.74) is 10.3. The molecule has 0 aromatic heterocycles. The quantitative estimate of drug-likeness (QED) is 0.870. The predicted molar refractivity (Wildman–Crippen MR) is 90.1 cm³/mol. The minimum Gasteiger partial charge on any atom is -0.326 e. The second kappa shape index (κ2) is 7.39. The lowest BCUT2D eigenvalue weighted by atomic mass is 9.98. The van der Waals surface area contributed by atoms with Crippen molar-refractivity contribution in [3.8, 4) is 0 Å². The van der Waals surface area contributed by atoms with Crippen LogP contribution in [0.2, 0.25) is 0 Å². The third kappa shape index (κ3) is 3.93. The van der Waals surface area contributed by atoms with Crippen molar-refractivity contribution in [2.24, 2.45) is 5.73 Å². The molecule has 0 fully saturated rings. The molecule has 0 spiro atoms. The number of aryl methyl sites for hydroxylation is 1. The van der Waals surface area contributed by atoms with Gasteiger partial charge in [0.2, 0.25) is 0 Å². The molecule has 112 valence electrons. The smallest absolute Gasteiger partial charge is 0.0499 e. The number of nitrogens with zero attached hydrogens (tertiary/aromatic N) is 1. The molecule has 0 saturated carbocycles. The van der Waals surface area contributed by atoms with E-state index in [1.54, 1.807) is 0 Å². The van der Waals surface area contributed by atoms with E-state index in [-0.39, 0.29) is 12.1 Å². The lowest BCUT2D eigenvalue weighted by Gasteiger charge is -2.34. The van der Waals surface area contributed by atoms with E-state index in [4.69, 9.17) is 5.73 Å². The van der Waals surface area contributed by atoms with Gasteiger partial charge in [0.25, 0.3) is 0 Å². The SMILES string of the molecule is CCN(Cc1ccccc1C)C(c1ccccc1)C(C)N. The Morgan fingerprint density at radius 1 is 1.00 bits per heavy atom. The summed E-state index contributed by atoms with van der Waals surface area (Å²) in [6, 6.07) is 19.5. The van der Waals surface area contributed by atoms with Crippen LogP contribution in [0.25, 0.3) is 0 Å². The van der Waals surface area contributed by atoms with Gasteiger partial charge in [0.1, 0.15) is 0 Å². The molecule has 2 aromatic carbocycles. The summed E-state index contributed by atoms with van der Waals surface area (Å²) < 4.78 is 0. The highest BCUT2D eigenvalue weighted by Crippen LogP contribution is 2.25. The Bertz CT molecular complexity index is 549. The summed E-state index contributed by atoms with van der Waals surface area (Å²) in [5, 5.41) is 0. The minimum absolute atomic E-state index is 0.0939. The lowest BCUT2D eigenvalue weighted by Crippen LogP contribution is -2.39. The molecule has 0 aliphatic carbocycles. The predicted octanol–water partition coefficient (Wildman–Crippen LogP) is 3.91. The summed E-state index contributed by atoms with van der Waals surface area (Å²) >= 11 is 0.